The number of carbonyl (C=O) groups is 1. The fraction of sp³-hybridized carbons (Fsp3) is 0.500. The lowest BCUT2D eigenvalue weighted by molar-refractivity contribution is 0.0859. The molecule has 92 valence electrons. The number of benzene rings is 1. The van der Waals surface area contributed by atoms with Crippen LogP contribution in [0.3, 0.4) is 0 Å². The van der Waals surface area contributed by atoms with Crippen molar-refractivity contribution in [2.45, 2.75) is 38.7 Å². The van der Waals surface area contributed by atoms with Crippen LogP contribution >= 0.6 is 0 Å². The summed E-state index contributed by atoms with van der Waals surface area (Å²) in [4.78, 5) is 11.8. The van der Waals surface area contributed by atoms with Gasteiger partial charge >= 0.3 is 0 Å². The Labute approximate surface area is 101 Å². The fourth-order valence-electron chi connectivity index (χ4n) is 2.07. The van der Waals surface area contributed by atoms with E-state index in [0.717, 1.165) is 25.9 Å². The van der Waals surface area contributed by atoms with E-state index in [1.54, 1.807) is 19.1 Å². The Bertz CT molecular complexity index is 409. The van der Waals surface area contributed by atoms with Crippen molar-refractivity contribution in [3.63, 3.8) is 0 Å². The minimum Gasteiger partial charge on any atom is -0.378 e. The second-order valence-electron chi connectivity index (χ2n) is 4.56. The molecule has 1 saturated heterocycles. The fourth-order valence-corrected chi connectivity index (χ4v) is 2.07. The second kappa shape index (κ2) is 5.41. The molecule has 1 aliphatic rings. The lowest BCUT2D eigenvalue weighted by atomic mass is 10.0. The first-order valence-corrected chi connectivity index (χ1v) is 6.08. The molecule has 0 radical (unpaired) electrons. The van der Waals surface area contributed by atoms with Crippen molar-refractivity contribution in [1.29, 1.82) is 0 Å². The number of hydrogen-bond acceptors (Lipinski definition) is 2. The Morgan fingerprint density at radius 2 is 2.35 bits per heavy atom. The van der Waals surface area contributed by atoms with E-state index < -0.39 is 0 Å². The molecule has 3 heteroatoms. The molecule has 1 aromatic rings. The number of hydrogen-bond donors (Lipinski definition) is 0. The highest BCUT2D eigenvalue weighted by molar-refractivity contribution is 5.96. The smallest absolute Gasteiger partial charge is 0.163 e. The van der Waals surface area contributed by atoms with E-state index in [1.807, 2.05) is 0 Å². The van der Waals surface area contributed by atoms with Gasteiger partial charge in [-0.05, 0) is 37.8 Å². The highest BCUT2D eigenvalue weighted by Crippen LogP contribution is 2.19. The van der Waals surface area contributed by atoms with Gasteiger partial charge in [0, 0.05) is 18.6 Å². The minimum absolute atomic E-state index is 0.000556. The molecule has 17 heavy (non-hydrogen) atoms. The second-order valence-corrected chi connectivity index (χ2v) is 4.56. The number of ether oxygens (including phenoxy) is 1. The molecule has 1 heterocycles. The molecule has 0 bridgehead atoms. The summed E-state index contributed by atoms with van der Waals surface area (Å²) in [5, 5.41) is 0. The lowest BCUT2D eigenvalue weighted by Gasteiger charge is -2.08. The molecule has 1 aliphatic heterocycles. The quantitative estimate of drug-likeness (QED) is 0.750. The largest absolute Gasteiger partial charge is 0.378 e. The first kappa shape index (κ1) is 12.2. The molecule has 0 spiro atoms. The van der Waals surface area contributed by atoms with Gasteiger partial charge < -0.3 is 4.74 Å². The van der Waals surface area contributed by atoms with Gasteiger partial charge in [0.05, 0.1) is 6.10 Å². The SMILES string of the molecule is Cc1ccc(C(=O)CCC2CCCO2)cc1F. The number of ketones is 1. The first-order chi connectivity index (χ1) is 8.16. The van der Waals surface area contributed by atoms with Crippen LogP contribution in [0.15, 0.2) is 18.2 Å². The van der Waals surface area contributed by atoms with E-state index in [2.05, 4.69) is 0 Å². The Morgan fingerprint density at radius 3 is 3.00 bits per heavy atom. The minimum atomic E-state index is -0.312. The molecule has 2 nitrogen and oxygen atoms in total. The Hall–Kier alpha value is -1.22. The molecular weight excluding hydrogens is 219 g/mol. The van der Waals surface area contributed by atoms with Gasteiger partial charge in [0.1, 0.15) is 5.82 Å². The average Bonchev–Trinajstić information content (AvgIpc) is 2.82. The molecule has 0 amide bonds. The highest BCUT2D eigenvalue weighted by Gasteiger charge is 2.17. The van der Waals surface area contributed by atoms with Crippen LogP contribution in [-0.2, 0) is 4.74 Å². The summed E-state index contributed by atoms with van der Waals surface area (Å²) in [6, 6.07) is 4.66. The summed E-state index contributed by atoms with van der Waals surface area (Å²) >= 11 is 0. The summed E-state index contributed by atoms with van der Waals surface area (Å²) in [6.45, 7) is 2.49. The van der Waals surface area contributed by atoms with E-state index in [-0.39, 0.29) is 17.7 Å². The topological polar surface area (TPSA) is 26.3 Å². The van der Waals surface area contributed by atoms with E-state index in [9.17, 15) is 9.18 Å². The standard InChI is InChI=1S/C14H17FO2/c1-10-4-5-11(9-13(10)15)14(16)7-6-12-3-2-8-17-12/h4-5,9,12H,2-3,6-8H2,1H3. The van der Waals surface area contributed by atoms with Gasteiger partial charge in [0.15, 0.2) is 5.78 Å². The number of aryl methyl sites for hydroxylation is 1. The third-order valence-corrected chi connectivity index (χ3v) is 3.21. The van der Waals surface area contributed by atoms with Gasteiger partial charge in [0.25, 0.3) is 0 Å². The number of Topliss-reactive ketones (excluding diaryl/α,β-unsaturated/α-hetero) is 1. The normalized spacial score (nSPS) is 19.5. The van der Waals surface area contributed by atoms with Crippen LogP contribution in [0.4, 0.5) is 4.39 Å². The average molecular weight is 236 g/mol. The molecule has 1 fully saturated rings. The predicted octanol–water partition coefficient (Wildman–Crippen LogP) is 3.28. The Balaban J connectivity index is 1.92. The van der Waals surface area contributed by atoms with Crippen LogP contribution in [0.5, 0.6) is 0 Å². The van der Waals surface area contributed by atoms with Crippen molar-refractivity contribution in [3.05, 3.63) is 35.1 Å². The maximum absolute atomic E-state index is 13.3. The molecular formula is C14H17FO2. The van der Waals surface area contributed by atoms with E-state index in [4.69, 9.17) is 4.74 Å². The van der Waals surface area contributed by atoms with Gasteiger partial charge in [-0.2, -0.15) is 0 Å². The predicted molar refractivity (Wildman–Crippen MR) is 63.7 cm³/mol. The molecule has 1 aromatic carbocycles. The van der Waals surface area contributed by atoms with Gasteiger partial charge in [0.2, 0.25) is 0 Å². The Morgan fingerprint density at radius 1 is 1.53 bits per heavy atom. The molecule has 0 N–H and O–H groups in total. The molecule has 1 atom stereocenters. The van der Waals surface area contributed by atoms with Crippen molar-refractivity contribution in [2.75, 3.05) is 6.61 Å². The van der Waals surface area contributed by atoms with Crippen molar-refractivity contribution in [2.24, 2.45) is 0 Å². The molecule has 1 unspecified atom stereocenters. The van der Waals surface area contributed by atoms with E-state index in [1.165, 1.54) is 6.07 Å². The lowest BCUT2D eigenvalue weighted by Crippen LogP contribution is -2.09. The molecule has 0 saturated carbocycles. The maximum atomic E-state index is 13.3. The van der Waals surface area contributed by atoms with Crippen molar-refractivity contribution in [1.82, 2.24) is 0 Å². The molecule has 0 aromatic heterocycles. The van der Waals surface area contributed by atoms with Crippen LogP contribution in [0.1, 0.15) is 41.6 Å². The van der Waals surface area contributed by atoms with Gasteiger partial charge in [-0.25, -0.2) is 4.39 Å². The zero-order valence-corrected chi connectivity index (χ0v) is 10.0. The summed E-state index contributed by atoms with van der Waals surface area (Å²) in [7, 11) is 0. The van der Waals surface area contributed by atoms with Crippen molar-refractivity contribution >= 4 is 5.78 Å². The summed E-state index contributed by atoms with van der Waals surface area (Å²) < 4.78 is 18.8. The molecule has 2 rings (SSSR count). The highest BCUT2D eigenvalue weighted by atomic mass is 19.1. The van der Waals surface area contributed by atoms with Gasteiger partial charge in [-0.1, -0.05) is 12.1 Å². The van der Waals surface area contributed by atoms with Crippen LogP contribution in [-0.4, -0.2) is 18.5 Å². The van der Waals surface area contributed by atoms with Gasteiger partial charge in [-0.3, -0.25) is 4.79 Å². The molecule has 0 aliphatic carbocycles. The number of rotatable bonds is 4. The summed E-state index contributed by atoms with van der Waals surface area (Å²) in [6.07, 6.45) is 3.52. The van der Waals surface area contributed by atoms with E-state index >= 15 is 0 Å². The zero-order valence-electron chi connectivity index (χ0n) is 10.0. The monoisotopic (exact) mass is 236 g/mol. The van der Waals surface area contributed by atoms with Crippen molar-refractivity contribution in [3.8, 4) is 0 Å². The summed E-state index contributed by atoms with van der Waals surface area (Å²) in [5.74, 6) is -0.313. The first-order valence-electron chi connectivity index (χ1n) is 6.08. The number of halogens is 1. The van der Waals surface area contributed by atoms with E-state index in [0.29, 0.717) is 17.5 Å². The van der Waals surface area contributed by atoms with Crippen LogP contribution < -0.4 is 0 Å². The summed E-state index contributed by atoms with van der Waals surface area (Å²) in [5.41, 5.74) is 1.03. The number of carbonyl (C=O) groups excluding carboxylic acids is 1. The maximum Gasteiger partial charge on any atom is 0.163 e. The van der Waals surface area contributed by atoms with Crippen LogP contribution in [0.2, 0.25) is 0 Å². The van der Waals surface area contributed by atoms with Gasteiger partial charge in [-0.15, -0.1) is 0 Å². The third-order valence-electron chi connectivity index (χ3n) is 3.21. The zero-order chi connectivity index (χ0) is 12.3. The van der Waals surface area contributed by atoms with Crippen LogP contribution in [0, 0.1) is 12.7 Å². The van der Waals surface area contributed by atoms with Crippen molar-refractivity contribution < 1.29 is 13.9 Å². The third kappa shape index (κ3) is 3.13. The van der Waals surface area contributed by atoms with Crippen LogP contribution in [0.25, 0.3) is 0 Å². The Kier molecular flexibility index (Phi) is 3.89.